The van der Waals surface area contributed by atoms with Crippen LogP contribution in [0.5, 0.6) is 0 Å². The second-order valence-corrected chi connectivity index (χ2v) is 3.91. The number of ether oxygens (including phenoxy) is 1. The number of hydrogen-bond acceptors (Lipinski definition) is 4. The minimum atomic E-state index is 0.839. The molecule has 0 spiro atoms. The van der Waals surface area contributed by atoms with E-state index in [1.54, 1.807) is 13.3 Å². The number of methoxy groups -OCH3 is 1. The highest BCUT2D eigenvalue weighted by Gasteiger charge is 1.98. The Morgan fingerprint density at radius 3 is 3.06 bits per heavy atom. The Kier molecular flexibility index (Phi) is 6.80. The van der Waals surface area contributed by atoms with Gasteiger partial charge in [-0.25, -0.2) is 0 Å². The molecule has 1 heterocycles. The van der Waals surface area contributed by atoms with E-state index in [9.17, 15) is 0 Å². The molecule has 5 nitrogen and oxygen atoms in total. The Labute approximate surface area is 97.2 Å². The number of likely N-dealkylation sites (N-methyl/N-ethyl adjacent to an activating group) is 1. The second kappa shape index (κ2) is 8.27. The van der Waals surface area contributed by atoms with E-state index in [-0.39, 0.29) is 0 Å². The van der Waals surface area contributed by atoms with E-state index >= 15 is 0 Å². The first kappa shape index (κ1) is 13.2. The molecule has 0 aliphatic rings. The summed E-state index contributed by atoms with van der Waals surface area (Å²) in [7, 11) is 3.87. The van der Waals surface area contributed by atoms with E-state index in [2.05, 4.69) is 27.5 Å². The molecule has 0 saturated carbocycles. The maximum Gasteiger partial charge on any atom is 0.0490 e. The summed E-state index contributed by atoms with van der Waals surface area (Å²) in [6.45, 7) is 4.82. The highest BCUT2D eigenvalue weighted by atomic mass is 16.5. The summed E-state index contributed by atoms with van der Waals surface area (Å²) in [6.07, 6.45) is 2.86. The zero-order valence-electron chi connectivity index (χ0n) is 10.2. The Morgan fingerprint density at radius 1 is 1.50 bits per heavy atom. The van der Waals surface area contributed by atoms with Gasteiger partial charge in [-0.05, 0) is 19.5 Å². The number of aromatic nitrogens is 2. The Bertz CT molecular complexity index is 250. The smallest absolute Gasteiger partial charge is 0.0490 e. The van der Waals surface area contributed by atoms with Gasteiger partial charge in [-0.3, -0.25) is 5.10 Å². The second-order valence-electron chi connectivity index (χ2n) is 3.91. The van der Waals surface area contributed by atoms with Crippen LogP contribution in [-0.2, 0) is 11.3 Å². The van der Waals surface area contributed by atoms with Gasteiger partial charge in [0.05, 0.1) is 0 Å². The van der Waals surface area contributed by atoms with E-state index in [1.165, 1.54) is 0 Å². The Balaban J connectivity index is 1.94. The molecule has 0 aromatic carbocycles. The van der Waals surface area contributed by atoms with Crippen LogP contribution in [0.1, 0.15) is 12.1 Å². The maximum absolute atomic E-state index is 5.01. The molecule has 16 heavy (non-hydrogen) atoms. The zero-order valence-corrected chi connectivity index (χ0v) is 10.2. The quantitative estimate of drug-likeness (QED) is 0.601. The van der Waals surface area contributed by atoms with Crippen molar-refractivity contribution in [1.29, 1.82) is 0 Å². The van der Waals surface area contributed by atoms with Crippen molar-refractivity contribution in [3.8, 4) is 0 Å². The molecule has 1 aromatic rings. The summed E-state index contributed by atoms with van der Waals surface area (Å²) < 4.78 is 5.01. The molecule has 0 fully saturated rings. The fraction of sp³-hybridized carbons (Fsp3) is 0.727. The third-order valence-electron chi connectivity index (χ3n) is 2.43. The van der Waals surface area contributed by atoms with E-state index in [1.807, 2.05) is 6.07 Å². The lowest BCUT2D eigenvalue weighted by Crippen LogP contribution is -2.30. The summed E-state index contributed by atoms with van der Waals surface area (Å²) in [6, 6.07) is 1.98. The first-order valence-electron chi connectivity index (χ1n) is 5.69. The zero-order chi connectivity index (χ0) is 11.6. The van der Waals surface area contributed by atoms with Crippen LogP contribution in [0, 0.1) is 0 Å². The van der Waals surface area contributed by atoms with Gasteiger partial charge in [-0.1, -0.05) is 0 Å². The number of rotatable bonds is 9. The predicted molar refractivity (Wildman–Crippen MR) is 64.3 cm³/mol. The van der Waals surface area contributed by atoms with E-state index in [4.69, 9.17) is 4.74 Å². The molecule has 1 aromatic heterocycles. The van der Waals surface area contributed by atoms with Crippen molar-refractivity contribution in [2.24, 2.45) is 0 Å². The average molecular weight is 226 g/mol. The summed E-state index contributed by atoms with van der Waals surface area (Å²) >= 11 is 0. The highest BCUT2D eigenvalue weighted by Crippen LogP contribution is 1.90. The molecule has 0 saturated heterocycles. The number of hydrogen-bond donors (Lipinski definition) is 2. The first-order valence-corrected chi connectivity index (χ1v) is 5.69. The van der Waals surface area contributed by atoms with Gasteiger partial charge in [0.1, 0.15) is 0 Å². The monoisotopic (exact) mass is 226 g/mol. The van der Waals surface area contributed by atoms with Crippen LogP contribution in [0.2, 0.25) is 0 Å². The molecular formula is C11H22N4O. The predicted octanol–water partition coefficient (Wildman–Crippen LogP) is 0.468. The summed E-state index contributed by atoms with van der Waals surface area (Å²) in [5, 5.41) is 10.2. The van der Waals surface area contributed by atoms with E-state index < -0.39 is 0 Å². The Morgan fingerprint density at radius 2 is 2.38 bits per heavy atom. The van der Waals surface area contributed by atoms with Crippen molar-refractivity contribution in [3.63, 3.8) is 0 Å². The van der Waals surface area contributed by atoms with Crippen LogP contribution in [0.3, 0.4) is 0 Å². The normalized spacial score (nSPS) is 11.2. The maximum atomic E-state index is 5.01. The third kappa shape index (κ3) is 5.85. The van der Waals surface area contributed by atoms with Crippen LogP contribution < -0.4 is 5.32 Å². The minimum Gasteiger partial charge on any atom is -0.385 e. The van der Waals surface area contributed by atoms with Crippen molar-refractivity contribution in [2.45, 2.75) is 13.0 Å². The number of nitrogens with one attached hydrogen (secondary N) is 2. The van der Waals surface area contributed by atoms with Gasteiger partial charge in [-0.2, -0.15) is 5.10 Å². The molecule has 0 amide bonds. The van der Waals surface area contributed by atoms with Crippen LogP contribution in [0.4, 0.5) is 0 Å². The SMILES string of the molecule is COCCCN(C)CCNCc1ccn[nH]1. The van der Waals surface area contributed by atoms with Crippen molar-refractivity contribution >= 4 is 0 Å². The number of aromatic amines is 1. The molecule has 0 aliphatic carbocycles. The van der Waals surface area contributed by atoms with E-state index in [0.29, 0.717) is 0 Å². The van der Waals surface area contributed by atoms with Gasteiger partial charge in [0.2, 0.25) is 0 Å². The van der Waals surface area contributed by atoms with Gasteiger partial charge >= 0.3 is 0 Å². The molecular weight excluding hydrogens is 204 g/mol. The number of H-pyrrole nitrogens is 1. The highest BCUT2D eigenvalue weighted by molar-refractivity contribution is 4.96. The lowest BCUT2D eigenvalue weighted by atomic mass is 10.4. The largest absolute Gasteiger partial charge is 0.385 e. The molecule has 92 valence electrons. The van der Waals surface area contributed by atoms with Gasteiger partial charge in [-0.15, -0.1) is 0 Å². The van der Waals surface area contributed by atoms with Crippen LogP contribution >= 0.6 is 0 Å². The van der Waals surface area contributed by atoms with Gasteiger partial charge in [0.25, 0.3) is 0 Å². The molecule has 5 heteroatoms. The minimum absolute atomic E-state index is 0.839. The lowest BCUT2D eigenvalue weighted by Gasteiger charge is -2.16. The third-order valence-corrected chi connectivity index (χ3v) is 2.43. The summed E-state index contributed by atoms with van der Waals surface area (Å²) in [4.78, 5) is 2.30. The molecule has 0 radical (unpaired) electrons. The van der Waals surface area contributed by atoms with Crippen LogP contribution in [0.15, 0.2) is 12.3 Å². The molecule has 0 atom stereocenters. The topological polar surface area (TPSA) is 53.2 Å². The van der Waals surface area contributed by atoms with Crippen molar-refractivity contribution in [2.75, 3.05) is 40.4 Å². The van der Waals surface area contributed by atoms with E-state index in [0.717, 1.165) is 44.9 Å². The van der Waals surface area contributed by atoms with Gasteiger partial charge in [0, 0.05) is 51.8 Å². The van der Waals surface area contributed by atoms with Crippen molar-refractivity contribution in [3.05, 3.63) is 18.0 Å². The Hall–Kier alpha value is -0.910. The average Bonchev–Trinajstić information content (AvgIpc) is 2.78. The fourth-order valence-corrected chi connectivity index (χ4v) is 1.47. The molecule has 2 N–H and O–H groups in total. The van der Waals surface area contributed by atoms with Gasteiger partial charge < -0.3 is 15.0 Å². The number of nitrogens with zero attached hydrogens (tertiary/aromatic N) is 2. The van der Waals surface area contributed by atoms with Crippen molar-refractivity contribution in [1.82, 2.24) is 20.4 Å². The van der Waals surface area contributed by atoms with Crippen molar-refractivity contribution < 1.29 is 4.74 Å². The molecule has 1 rings (SSSR count). The molecule has 0 bridgehead atoms. The van der Waals surface area contributed by atoms with Gasteiger partial charge in [0.15, 0.2) is 0 Å². The van der Waals surface area contributed by atoms with Crippen LogP contribution in [0.25, 0.3) is 0 Å². The van der Waals surface area contributed by atoms with Crippen LogP contribution in [-0.4, -0.2) is 55.5 Å². The standard InChI is InChI=1S/C11H22N4O/c1-15(7-3-9-16-2)8-6-12-10-11-4-5-13-14-11/h4-5,12H,3,6-10H2,1-2H3,(H,13,14). The molecule has 0 aliphatic heterocycles. The molecule has 0 unspecified atom stereocenters. The lowest BCUT2D eigenvalue weighted by molar-refractivity contribution is 0.179. The first-order chi connectivity index (χ1) is 7.83. The summed E-state index contributed by atoms with van der Waals surface area (Å²) in [5.41, 5.74) is 1.13. The summed E-state index contributed by atoms with van der Waals surface area (Å²) in [5.74, 6) is 0. The fourth-order valence-electron chi connectivity index (χ4n) is 1.47.